The molecule has 1 aliphatic heterocycles. The van der Waals surface area contributed by atoms with E-state index in [1.807, 2.05) is 6.92 Å². The molecule has 3 rings (SSSR count). The molecular formula is C20H26F2N2O4S. The third-order valence-corrected chi connectivity index (χ3v) is 7.11. The van der Waals surface area contributed by atoms with Crippen molar-refractivity contribution in [3.8, 4) is 5.75 Å². The lowest BCUT2D eigenvalue weighted by Crippen LogP contribution is -2.51. The quantitative estimate of drug-likeness (QED) is 0.755. The van der Waals surface area contributed by atoms with E-state index in [-0.39, 0.29) is 29.0 Å². The first kappa shape index (κ1) is 21.7. The van der Waals surface area contributed by atoms with Gasteiger partial charge < -0.3 is 9.64 Å². The molecule has 1 aromatic carbocycles. The SMILES string of the molecule is CC(NS(=O)(=O)C1=Cc2ccc(OC(F)F)cc2CC1)C(=O)N1CCCCC1C. The number of halogens is 2. The maximum atomic E-state index is 12.8. The number of sulfonamides is 1. The number of likely N-dealkylation sites (tertiary alicyclic amines) is 1. The molecule has 1 saturated heterocycles. The summed E-state index contributed by atoms with van der Waals surface area (Å²) in [7, 11) is -3.84. The second-order valence-electron chi connectivity index (χ2n) is 7.57. The number of hydrogen-bond donors (Lipinski definition) is 1. The molecule has 0 spiro atoms. The van der Waals surface area contributed by atoms with Crippen LogP contribution in [0.3, 0.4) is 0 Å². The number of nitrogens with zero attached hydrogens (tertiary/aromatic N) is 1. The van der Waals surface area contributed by atoms with E-state index in [0.29, 0.717) is 18.5 Å². The predicted molar refractivity (Wildman–Crippen MR) is 106 cm³/mol. The number of nitrogens with one attached hydrogen (secondary N) is 1. The first-order valence-corrected chi connectivity index (χ1v) is 11.3. The second kappa shape index (κ2) is 8.79. The van der Waals surface area contributed by atoms with Crippen LogP contribution in [0, 0.1) is 0 Å². The van der Waals surface area contributed by atoms with Crippen molar-refractivity contribution >= 4 is 22.0 Å². The molecule has 9 heteroatoms. The van der Waals surface area contributed by atoms with Crippen LogP contribution >= 0.6 is 0 Å². The smallest absolute Gasteiger partial charge is 0.387 e. The summed E-state index contributed by atoms with van der Waals surface area (Å²) >= 11 is 0. The fourth-order valence-electron chi connectivity index (χ4n) is 3.86. The minimum absolute atomic E-state index is 0.0476. The number of hydrogen-bond acceptors (Lipinski definition) is 4. The highest BCUT2D eigenvalue weighted by atomic mass is 32.2. The third-order valence-electron chi connectivity index (χ3n) is 5.43. The molecule has 1 aromatic rings. The predicted octanol–water partition coefficient (Wildman–Crippen LogP) is 3.28. The van der Waals surface area contributed by atoms with E-state index in [1.165, 1.54) is 18.2 Å². The minimum atomic E-state index is -3.84. The van der Waals surface area contributed by atoms with Crippen LogP contribution in [0.1, 0.15) is 50.7 Å². The van der Waals surface area contributed by atoms with Gasteiger partial charge in [-0.1, -0.05) is 6.07 Å². The van der Waals surface area contributed by atoms with E-state index >= 15 is 0 Å². The molecule has 0 saturated carbocycles. The summed E-state index contributed by atoms with van der Waals surface area (Å²) in [5.74, 6) is -0.169. The number of allylic oxidation sites excluding steroid dienone is 1. The van der Waals surface area contributed by atoms with Gasteiger partial charge >= 0.3 is 6.61 Å². The Morgan fingerprint density at radius 3 is 2.72 bits per heavy atom. The lowest BCUT2D eigenvalue weighted by molar-refractivity contribution is -0.135. The van der Waals surface area contributed by atoms with Crippen molar-refractivity contribution in [3.63, 3.8) is 0 Å². The molecule has 1 heterocycles. The number of carbonyl (C=O) groups excluding carboxylic acids is 1. The van der Waals surface area contributed by atoms with Gasteiger partial charge in [0.1, 0.15) is 5.75 Å². The second-order valence-corrected chi connectivity index (χ2v) is 9.34. The highest BCUT2D eigenvalue weighted by Gasteiger charge is 2.31. The molecule has 29 heavy (non-hydrogen) atoms. The van der Waals surface area contributed by atoms with E-state index in [1.54, 1.807) is 17.9 Å². The fourth-order valence-corrected chi connectivity index (χ4v) is 5.23. The van der Waals surface area contributed by atoms with Crippen LogP contribution in [-0.2, 0) is 21.2 Å². The van der Waals surface area contributed by atoms with Gasteiger partial charge in [-0.15, -0.1) is 0 Å². The number of piperidine rings is 1. The molecule has 1 fully saturated rings. The average Bonchev–Trinajstić information content (AvgIpc) is 2.66. The van der Waals surface area contributed by atoms with Crippen molar-refractivity contribution in [2.45, 2.75) is 64.6 Å². The molecule has 2 atom stereocenters. The van der Waals surface area contributed by atoms with Gasteiger partial charge in [0, 0.05) is 12.6 Å². The average molecular weight is 429 g/mol. The number of fused-ring (bicyclic) bond motifs is 1. The largest absolute Gasteiger partial charge is 0.435 e. The van der Waals surface area contributed by atoms with E-state index < -0.39 is 22.7 Å². The van der Waals surface area contributed by atoms with Crippen LogP contribution < -0.4 is 9.46 Å². The topological polar surface area (TPSA) is 75.7 Å². The van der Waals surface area contributed by atoms with Crippen LogP contribution in [0.25, 0.3) is 6.08 Å². The Balaban J connectivity index is 1.72. The van der Waals surface area contributed by atoms with E-state index in [9.17, 15) is 22.0 Å². The zero-order chi connectivity index (χ0) is 21.2. The molecule has 1 N–H and O–H groups in total. The summed E-state index contributed by atoms with van der Waals surface area (Å²) < 4.78 is 57.2. The Morgan fingerprint density at radius 2 is 2.03 bits per heavy atom. The van der Waals surface area contributed by atoms with Crippen molar-refractivity contribution in [3.05, 3.63) is 34.2 Å². The van der Waals surface area contributed by atoms with Crippen LogP contribution in [0.15, 0.2) is 23.1 Å². The summed E-state index contributed by atoms with van der Waals surface area (Å²) in [6, 6.07) is 3.69. The lowest BCUT2D eigenvalue weighted by atomic mass is 9.97. The summed E-state index contributed by atoms with van der Waals surface area (Å²) in [5.41, 5.74) is 1.38. The van der Waals surface area contributed by atoms with Gasteiger partial charge in [0.15, 0.2) is 0 Å². The third kappa shape index (κ3) is 5.14. The highest BCUT2D eigenvalue weighted by molar-refractivity contribution is 7.93. The van der Waals surface area contributed by atoms with Gasteiger partial charge in [0.2, 0.25) is 15.9 Å². The Morgan fingerprint density at radius 1 is 1.28 bits per heavy atom. The standard InChI is InChI=1S/C20H26F2N2O4S/c1-13-5-3-4-10-24(13)19(25)14(2)23-29(26,27)18-9-7-15-11-17(28-20(21)22)8-6-16(15)12-18/h6,8,11-14,20,23H,3-5,7,9-10H2,1-2H3. The van der Waals surface area contributed by atoms with Crippen LogP contribution in [0.5, 0.6) is 5.75 Å². The van der Waals surface area contributed by atoms with Crippen LogP contribution in [0.4, 0.5) is 8.78 Å². The Hall–Kier alpha value is -2.00. The molecule has 160 valence electrons. The molecule has 0 radical (unpaired) electrons. The zero-order valence-electron chi connectivity index (χ0n) is 16.5. The van der Waals surface area contributed by atoms with Gasteiger partial charge in [0.05, 0.1) is 10.9 Å². The number of ether oxygens (including phenoxy) is 1. The van der Waals surface area contributed by atoms with Crippen LogP contribution in [0.2, 0.25) is 0 Å². The summed E-state index contributed by atoms with van der Waals surface area (Å²) in [6.07, 6.45) is 5.05. The van der Waals surface area contributed by atoms with E-state index in [0.717, 1.165) is 24.8 Å². The molecule has 2 unspecified atom stereocenters. The molecule has 6 nitrogen and oxygen atoms in total. The van der Waals surface area contributed by atoms with Crippen molar-refractivity contribution in [2.75, 3.05) is 6.54 Å². The normalized spacial score (nSPS) is 20.8. The number of rotatable bonds is 6. The maximum absolute atomic E-state index is 12.8. The maximum Gasteiger partial charge on any atom is 0.387 e. The highest BCUT2D eigenvalue weighted by Crippen LogP contribution is 2.30. The molecule has 0 bridgehead atoms. The van der Waals surface area contributed by atoms with Crippen LogP contribution in [-0.4, -0.2) is 44.5 Å². The first-order chi connectivity index (χ1) is 13.7. The number of amides is 1. The lowest BCUT2D eigenvalue weighted by Gasteiger charge is -2.35. The molecule has 1 aliphatic carbocycles. The summed E-state index contributed by atoms with van der Waals surface area (Å²) in [4.78, 5) is 14.6. The summed E-state index contributed by atoms with van der Waals surface area (Å²) in [5, 5.41) is 0. The molecule has 0 aromatic heterocycles. The number of aryl methyl sites for hydroxylation is 1. The van der Waals surface area contributed by atoms with Gasteiger partial charge in [-0.05, 0) is 75.3 Å². The van der Waals surface area contributed by atoms with Crippen molar-refractivity contribution in [2.24, 2.45) is 0 Å². The first-order valence-electron chi connectivity index (χ1n) is 9.78. The number of carbonyl (C=O) groups is 1. The Bertz CT molecular complexity index is 902. The van der Waals surface area contributed by atoms with Gasteiger partial charge in [0.25, 0.3) is 0 Å². The van der Waals surface area contributed by atoms with Crippen molar-refractivity contribution < 1.29 is 26.7 Å². The van der Waals surface area contributed by atoms with Gasteiger partial charge in [-0.25, -0.2) is 8.42 Å². The summed E-state index contributed by atoms with van der Waals surface area (Å²) in [6.45, 7) is 1.27. The number of alkyl halides is 2. The molecular weight excluding hydrogens is 402 g/mol. The van der Waals surface area contributed by atoms with Gasteiger partial charge in [-0.3, -0.25) is 4.79 Å². The molecule has 2 aliphatic rings. The number of benzene rings is 1. The zero-order valence-corrected chi connectivity index (χ0v) is 17.3. The van der Waals surface area contributed by atoms with Crippen molar-refractivity contribution in [1.82, 2.24) is 9.62 Å². The van der Waals surface area contributed by atoms with E-state index in [4.69, 9.17) is 0 Å². The Kier molecular flexibility index (Phi) is 6.58. The minimum Gasteiger partial charge on any atom is -0.435 e. The van der Waals surface area contributed by atoms with Crippen molar-refractivity contribution in [1.29, 1.82) is 0 Å². The monoisotopic (exact) mass is 428 g/mol. The molecule has 1 amide bonds. The van der Waals surface area contributed by atoms with E-state index in [2.05, 4.69) is 9.46 Å². The Labute approximate surface area is 170 Å². The fraction of sp³-hybridized carbons (Fsp3) is 0.550. The van der Waals surface area contributed by atoms with Gasteiger partial charge in [-0.2, -0.15) is 13.5 Å².